The minimum absolute atomic E-state index is 0.256. The first-order valence-electron chi connectivity index (χ1n) is 17.0. The summed E-state index contributed by atoms with van der Waals surface area (Å²) >= 11 is 0. The van der Waals surface area contributed by atoms with E-state index in [1.807, 2.05) is 18.2 Å². The maximum atomic E-state index is 14.3. The molecular weight excluding hydrogens is 614 g/mol. The zero-order chi connectivity index (χ0) is 32.9. The Labute approximate surface area is 286 Å². The smallest absolute Gasteiger partial charge is 0.123 e. The lowest BCUT2D eigenvalue weighted by atomic mass is 9.98. The summed E-state index contributed by atoms with van der Waals surface area (Å²) in [6.45, 7) is 0. The Hall–Kier alpha value is -6.65. The van der Waals surface area contributed by atoms with Crippen LogP contribution in [0.4, 0.5) is 21.5 Å². The van der Waals surface area contributed by atoms with Crippen molar-refractivity contribution in [3.8, 4) is 11.1 Å². The molecule has 0 spiro atoms. The van der Waals surface area contributed by atoms with Crippen molar-refractivity contribution in [3.63, 3.8) is 0 Å². The van der Waals surface area contributed by atoms with Crippen molar-refractivity contribution in [2.75, 3.05) is 4.90 Å². The van der Waals surface area contributed by atoms with E-state index < -0.39 is 0 Å². The number of hydrogen-bond donors (Lipinski definition) is 0. The lowest BCUT2D eigenvalue weighted by Gasteiger charge is -2.26. The van der Waals surface area contributed by atoms with E-state index in [1.165, 1.54) is 66.6 Å². The van der Waals surface area contributed by atoms with E-state index in [2.05, 4.69) is 153 Å². The van der Waals surface area contributed by atoms with Crippen molar-refractivity contribution >= 4 is 82.5 Å². The molecule has 0 unspecified atom stereocenters. The molecule has 3 nitrogen and oxygen atoms in total. The zero-order valence-electron chi connectivity index (χ0n) is 26.9. The highest BCUT2D eigenvalue weighted by atomic mass is 19.1. The average Bonchev–Trinajstić information content (AvgIpc) is 3.71. The van der Waals surface area contributed by atoms with Gasteiger partial charge in [-0.05, 0) is 88.6 Å². The molecule has 50 heavy (non-hydrogen) atoms. The van der Waals surface area contributed by atoms with Crippen LogP contribution in [0.1, 0.15) is 0 Å². The number of benzene rings is 8. The van der Waals surface area contributed by atoms with Crippen LogP contribution in [0.3, 0.4) is 0 Å². The van der Waals surface area contributed by atoms with Gasteiger partial charge in [-0.2, -0.15) is 0 Å². The number of rotatable bonds is 4. The van der Waals surface area contributed by atoms with E-state index in [9.17, 15) is 4.39 Å². The van der Waals surface area contributed by atoms with Gasteiger partial charge in [0.25, 0.3) is 0 Å². The number of para-hydroxylation sites is 3. The summed E-state index contributed by atoms with van der Waals surface area (Å²) in [4.78, 5) is 2.22. The molecule has 4 heteroatoms. The fourth-order valence-corrected chi connectivity index (χ4v) is 8.38. The molecule has 0 fully saturated rings. The molecule has 0 radical (unpaired) electrons. The van der Waals surface area contributed by atoms with Gasteiger partial charge < -0.3 is 13.7 Å². The largest absolute Gasteiger partial charge is 0.310 e. The van der Waals surface area contributed by atoms with Gasteiger partial charge in [-0.15, -0.1) is 0 Å². The van der Waals surface area contributed by atoms with Gasteiger partial charge in [-0.25, -0.2) is 4.39 Å². The average molecular weight is 642 g/mol. The van der Waals surface area contributed by atoms with E-state index in [0.717, 1.165) is 39.2 Å². The summed E-state index contributed by atoms with van der Waals surface area (Å²) in [6, 6.07) is 59.0. The molecule has 0 atom stereocenters. The van der Waals surface area contributed by atoms with Crippen LogP contribution in [0.25, 0.3) is 76.5 Å². The molecular formula is C46H28FN3. The minimum atomic E-state index is -0.256. The van der Waals surface area contributed by atoms with Gasteiger partial charge in [-0.1, -0.05) is 103 Å². The van der Waals surface area contributed by atoms with Crippen LogP contribution in [-0.4, -0.2) is 8.80 Å². The third-order valence-electron chi connectivity index (χ3n) is 10.5. The number of anilines is 3. The van der Waals surface area contributed by atoms with Gasteiger partial charge in [0.2, 0.25) is 0 Å². The first-order chi connectivity index (χ1) is 24.7. The second-order valence-electron chi connectivity index (χ2n) is 13.1. The highest BCUT2D eigenvalue weighted by Crippen LogP contribution is 2.48. The number of nitrogens with zero attached hydrogens (tertiary/aromatic N) is 3. The highest BCUT2D eigenvalue weighted by Gasteiger charge is 2.25. The van der Waals surface area contributed by atoms with Crippen molar-refractivity contribution in [3.05, 3.63) is 176 Å². The molecule has 0 saturated carbocycles. The third-order valence-corrected chi connectivity index (χ3v) is 10.5. The van der Waals surface area contributed by atoms with E-state index in [1.54, 1.807) is 0 Å². The normalized spacial score (nSPS) is 12.1. The van der Waals surface area contributed by atoms with Crippen molar-refractivity contribution in [1.82, 2.24) is 8.80 Å². The molecule has 11 rings (SSSR count). The molecule has 11 aromatic rings. The molecule has 0 aliphatic heterocycles. The summed E-state index contributed by atoms with van der Waals surface area (Å²) in [5, 5.41) is 7.52. The van der Waals surface area contributed by atoms with Gasteiger partial charge in [0.1, 0.15) is 5.82 Å². The molecule has 0 N–H and O–H groups in total. The molecule has 0 aliphatic carbocycles. The van der Waals surface area contributed by atoms with Crippen molar-refractivity contribution in [1.29, 1.82) is 0 Å². The van der Waals surface area contributed by atoms with Crippen molar-refractivity contribution < 1.29 is 4.39 Å². The second kappa shape index (κ2) is 10.2. The fourth-order valence-electron chi connectivity index (χ4n) is 8.38. The Morgan fingerprint density at radius 1 is 0.360 bits per heavy atom. The Kier molecular flexibility index (Phi) is 5.56. The Balaban J connectivity index is 1.26. The Morgan fingerprint density at radius 3 is 1.46 bits per heavy atom. The standard InChI is InChI=1S/C46H28FN3/c47-31-20-24-33(25-21-31)48(32-22-18-30(19-23-32)29-10-2-1-3-11-29)34-26-27-38-42(28-34)50-41-17-9-8-16-40(41)49-39-15-7-6-14-37(39)43-35-12-4-5-13-36(35)44(38)46(50)45(43)49/h1-28H. The van der Waals surface area contributed by atoms with Crippen LogP contribution in [0.15, 0.2) is 170 Å². The molecule has 0 amide bonds. The van der Waals surface area contributed by atoms with Crippen LogP contribution < -0.4 is 4.90 Å². The summed E-state index contributed by atoms with van der Waals surface area (Å²) in [5.74, 6) is -0.256. The summed E-state index contributed by atoms with van der Waals surface area (Å²) in [7, 11) is 0. The second-order valence-corrected chi connectivity index (χ2v) is 13.1. The van der Waals surface area contributed by atoms with Gasteiger partial charge in [-0.3, -0.25) is 0 Å². The van der Waals surface area contributed by atoms with E-state index >= 15 is 0 Å². The lowest BCUT2D eigenvalue weighted by Crippen LogP contribution is -2.10. The van der Waals surface area contributed by atoms with Crippen LogP contribution in [0, 0.1) is 5.82 Å². The van der Waals surface area contributed by atoms with Gasteiger partial charge in [0.05, 0.1) is 33.1 Å². The SMILES string of the molecule is Fc1ccc(N(c2ccc(-c3ccccc3)cc2)c2ccc3c4c5ccccc5c5c6ccccc6n6c7ccccc7n(c3c2)c4c56)cc1. The molecule has 0 aliphatic rings. The molecule has 8 aromatic carbocycles. The van der Waals surface area contributed by atoms with Crippen LogP contribution in [-0.2, 0) is 0 Å². The Bertz CT molecular complexity index is 3040. The first-order valence-corrected chi connectivity index (χ1v) is 17.0. The molecule has 234 valence electrons. The van der Waals surface area contributed by atoms with Crippen LogP contribution in [0.2, 0.25) is 0 Å². The number of halogens is 1. The van der Waals surface area contributed by atoms with Gasteiger partial charge >= 0.3 is 0 Å². The van der Waals surface area contributed by atoms with E-state index in [4.69, 9.17) is 0 Å². The molecule has 3 heterocycles. The topological polar surface area (TPSA) is 12.1 Å². The molecule has 0 saturated heterocycles. The third kappa shape index (κ3) is 3.67. The minimum Gasteiger partial charge on any atom is -0.310 e. The maximum absolute atomic E-state index is 14.3. The predicted molar refractivity (Wildman–Crippen MR) is 207 cm³/mol. The van der Waals surface area contributed by atoms with Gasteiger partial charge in [0, 0.05) is 38.6 Å². The maximum Gasteiger partial charge on any atom is 0.123 e. The number of fused-ring (bicyclic) bond motifs is 12. The number of aromatic nitrogens is 2. The monoisotopic (exact) mass is 641 g/mol. The Morgan fingerprint density at radius 2 is 0.820 bits per heavy atom. The predicted octanol–water partition coefficient (Wildman–Crippen LogP) is 12.7. The zero-order valence-corrected chi connectivity index (χ0v) is 26.9. The molecule has 0 bridgehead atoms. The molecule has 3 aromatic heterocycles. The number of hydrogen-bond acceptors (Lipinski definition) is 1. The summed E-state index contributed by atoms with van der Waals surface area (Å²) in [5.41, 5.74) is 12.3. The van der Waals surface area contributed by atoms with E-state index in [0.29, 0.717) is 0 Å². The lowest BCUT2D eigenvalue weighted by molar-refractivity contribution is 0.628. The quantitative estimate of drug-likeness (QED) is 0.174. The van der Waals surface area contributed by atoms with Crippen LogP contribution in [0.5, 0.6) is 0 Å². The van der Waals surface area contributed by atoms with E-state index in [-0.39, 0.29) is 5.82 Å². The van der Waals surface area contributed by atoms with Crippen molar-refractivity contribution in [2.24, 2.45) is 0 Å². The summed E-state index contributed by atoms with van der Waals surface area (Å²) < 4.78 is 19.2. The fraction of sp³-hybridized carbons (Fsp3) is 0. The first kappa shape index (κ1) is 27.3. The highest BCUT2D eigenvalue weighted by molar-refractivity contribution is 6.37. The summed E-state index contributed by atoms with van der Waals surface area (Å²) in [6.07, 6.45) is 0. The van der Waals surface area contributed by atoms with Gasteiger partial charge in [0.15, 0.2) is 0 Å². The van der Waals surface area contributed by atoms with Crippen molar-refractivity contribution in [2.45, 2.75) is 0 Å². The van der Waals surface area contributed by atoms with Crippen LogP contribution >= 0.6 is 0 Å².